The van der Waals surface area contributed by atoms with E-state index < -0.39 is 40.1 Å². The molecule has 1 aromatic heterocycles. The van der Waals surface area contributed by atoms with Crippen molar-refractivity contribution in [3.63, 3.8) is 0 Å². The van der Waals surface area contributed by atoms with Gasteiger partial charge in [0, 0.05) is 30.6 Å². The summed E-state index contributed by atoms with van der Waals surface area (Å²) in [5, 5.41) is 10.1. The number of carbonyl (C=O) groups is 1. The topological polar surface area (TPSA) is 83.9 Å². The monoisotopic (exact) mass is 514 g/mol. The van der Waals surface area contributed by atoms with E-state index >= 15 is 0 Å². The molecule has 0 aliphatic carbocycles. The highest BCUT2D eigenvalue weighted by Gasteiger charge is 2.74. The molecule has 33 heavy (non-hydrogen) atoms. The molecule has 2 aromatic rings. The quantitative estimate of drug-likeness (QED) is 0.197. The number of nitrogens with one attached hydrogen (secondary N) is 2. The van der Waals surface area contributed by atoms with Crippen molar-refractivity contribution in [2.45, 2.75) is 18.0 Å². The number of nitrogens with zero attached hydrogens (tertiary/aromatic N) is 1. The zero-order valence-electron chi connectivity index (χ0n) is 16.4. The van der Waals surface area contributed by atoms with Gasteiger partial charge in [0.2, 0.25) is 0 Å². The Morgan fingerprint density at radius 2 is 1.73 bits per heavy atom. The SMILES string of the molecule is Cn1c(C(F)(C(F)(F)F)C(F)(F)F)cc(C(N)=S)c1N/C=C(\C=N)c1ccc(Cl)c(C=O)c1. The third kappa shape index (κ3) is 4.74. The molecular weight excluding hydrogens is 501 g/mol. The van der Waals surface area contributed by atoms with Crippen molar-refractivity contribution in [3.8, 4) is 0 Å². The van der Waals surface area contributed by atoms with Crippen LogP contribution in [0.3, 0.4) is 0 Å². The first-order valence-electron chi connectivity index (χ1n) is 8.64. The lowest BCUT2D eigenvalue weighted by atomic mass is 10.00. The van der Waals surface area contributed by atoms with Gasteiger partial charge in [-0.25, -0.2) is 4.39 Å². The van der Waals surface area contributed by atoms with Gasteiger partial charge in [0.15, 0.2) is 6.29 Å². The van der Waals surface area contributed by atoms with E-state index in [1.807, 2.05) is 0 Å². The van der Waals surface area contributed by atoms with Crippen molar-refractivity contribution in [2.24, 2.45) is 12.8 Å². The maximum atomic E-state index is 14.6. The number of hydrogen-bond acceptors (Lipinski definition) is 4. The smallest absolute Gasteiger partial charge is 0.389 e. The number of anilines is 1. The number of thiocarbonyl (C=S) groups is 1. The minimum absolute atomic E-state index is 0.0459. The van der Waals surface area contributed by atoms with Crippen molar-refractivity contribution in [1.29, 1.82) is 5.41 Å². The van der Waals surface area contributed by atoms with Crippen LogP contribution in [0.5, 0.6) is 0 Å². The Morgan fingerprint density at radius 1 is 1.15 bits per heavy atom. The number of aromatic nitrogens is 1. The summed E-state index contributed by atoms with van der Waals surface area (Å²) in [7, 11) is 0.760. The van der Waals surface area contributed by atoms with Crippen LogP contribution >= 0.6 is 23.8 Å². The highest BCUT2D eigenvalue weighted by molar-refractivity contribution is 7.80. The summed E-state index contributed by atoms with van der Waals surface area (Å²) in [5.74, 6) is -0.489. The van der Waals surface area contributed by atoms with Gasteiger partial charge in [-0.3, -0.25) is 4.79 Å². The number of alkyl halides is 7. The van der Waals surface area contributed by atoms with Gasteiger partial charge >= 0.3 is 18.0 Å². The summed E-state index contributed by atoms with van der Waals surface area (Å²) < 4.78 is 94.3. The second-order valence-corrected chi connectivity index (χ2v) is 7.46. The molecule has 0 saturated carbocycles. The molecule has 0 aliphatic heterocycles. The second kappa shape index (κ2) is 9.14. The summed E-state index contributed by atoms with van der Waals surface area (Å²) >= 11 is 10.5. The molecule has 2 rings (SSSR count). The van der Waals surface area contributed by atoms with Gasteiger partial charge in [-0.1, -0.05) is 29.9 Å². The molecule has 178 valence electrons. The average molecular weight is 515 g/mol. The number of benzene rings is 1. The summed E-state index contributed by atoms with van der Waals surface area (Å²) in [6, 6.07) is 4.33. The fourth-order valence-electron chi connectivity index (χ4n) is 2.92. The van der Waals surface area contributed by atoms with Crippen LogP contribution in [0.4, 0.5) is 36.6 Å². The van der Waals surface area contributed by atoms with Gasteiger partial charge in [-0.15, -0.1) is 0 Å². The van der Waals surface area contributed by atoms with Crippen LogP contribution in [0.15, 0.2) is 30.5 Å². The van der Waals surface area contributed by atoms with Crippen molar-refractivity contribution in [3.05, 3.63) is 57.9 Å². The van der Waals surface area contributed by atoms with E-state index in [9.17, 15) is 35.5 Å². The van der Waals surface area contributed by atoms with E-state index in [2.05, 4.69) is 5.32 Å². The summed E-state index contributed by atoms with van der Waals surface area (Å²) in [5.41, 5.74) is -2.19. The molecule has 4 N–H and O–H groups in total. The first-order valence-corrected chi connectivity index (χ1v) is 9.43. The van der Waals surface area contributed by atoms with Gasteiger partial charge < -0.3 is 21.0 Å². The van der Waals surface area contributed by atoms with Crippen LogP contribution in [-0.4, -0.2) is 34.4 Å². The number of aldehydes is 1. The highest BCUT2D eigenvalue weighted by atomic mass is 35.5. The lowest BCUT2D eigenvalue weighted by Gasteiger charge is -2.30. The van der Waals surface area contributed by atoms with E-state index in [0.717, 1.165) is 19.5 Å². The van der Waals surface area contributed by atoms with Crippen molar-refractivity contribution in [1.82, 2.24) is 4.57 Å². The normalized spacial score (nSPS) is 13.1. The van der Waals surface area contributed by atoms with Gasteiger partial charge in [0.1, 0.15) is 10.8 Å². The molecule has 0 aliphatic rings. The number of hydrogen-bond donors (Lipinski definition) is 3. The van der Waals surface area contributed by atoms with Crippen molar-refractivity contribution >= 4 is 52.7 Å². The summed E-state index contributed by atoms with van der Waals surface area (Å²) in [4.78, 5) is 10.5. The molecule has 0 unspecified atom stereocenters. The first kappa shape index (κ1) is 26.3. The zero-order valence-corrected chi connectivity index (χ0v) is 18.0. The summed E-state index contributed by atoms with van der Waals surface area (Å²) in [6.07, 6.45) is -10.4. The Bertz CT molecular complexity index is 1120. The molecule has 0 bridgehead atoms. The molecule has 0 spiro atoms. The molecule has 14 heteroatoms. The van der Waals surface area contributed by atoms with E-state index in [1.165, 1.54) is 18.2 Å². The lowest BCUT2D eigenvalue weighted by Crippen LogP contribution is -2.51. The van der Waals surface area contributed by atoms with Crippen molar-refractivity contribution < 1.29 is 35.5 Å². The Labute approximate surface area is 192 Å². The van der Waals surface area contributed by atoms with Crippen LogP contribution in [0.25, 0.3) is 5.57 Å². The van der Waals surface area contributed by atoms with Crippen LogP contribution < -0.4 is 11.1 Å². The van der Waals surface area contributed by atoms with E-state index in [1.54, 1.807) is 0 Å². The number of halogens is 8. The molecule has 1 heterocycles. The molecule has 0 saturated heterocycles. The molecule has 0 radical (unpaired) electrons. The Hall–Kier alpha value is -2.93. The minimum Gasteiger partial charge on any atom is -0.389 e. The predicted molar refractivity (Wildman–Crippen MR) is 113 cm³/mol. The molecule has 0 atom stereocenters. The maximum absolute atomic E-state index is 14.6. The molecule has 1 aromatic carbocycles. The highest BCUT2D eigenvalue weighted by Crippen LogP contribution is 2.54. The molecule has 0 amide bonds. The second-order valence-electron chi connectivity index (χ2n) is 6.61. The third-order valence-electron chi connectivity index (χ3n) is 4.61. The number of carbonyl (C=O) groups excluding carboxylic acids is 1. The molecule has 5 nitrogen and oxygen atoms in total. The Kier molecular flexibility index (Phi) is 7.29. The average Bonchev–Trinajstić information content (AvgIpc) is 3.04. The number of rotatable bonds is 7. The van der Waals surface area contributed by atoms with Crippen molar-refractivity contribution in [2.75, 3.05) is 5.32 Å². The standard InChI is InChI=1S/C19H14ClF7N4OS/c1-31-14(17(21,18(22,23)24)19(25,26)27)5-12(15(29)33)16(31)30-7-11(6-28)9-2-3-13(20)10(4-9)8-32/h2-8,28,30H,1H3,(H2,29,33)/b11-7+,28-6?. The summed E-state index contributed by atoms with van der Waals surface area (Å²) in [6.45, 7) is 0. The lowest BCUT2D eigenvalue weighted by molar-refractivity contribution is -0.350. The van der Waals surface area contributed by atoms with E-state index in [4.69, 9.17) is 35.0 Å². The first-order chi connectivity index (χ1) is 15.1. The molecule has 0 fully saturated rings. The van der Waals surface area contributed by atoms with Crippen LogP contribution in [0.1, 0.15) is 27.2 Å². The number of allylic oxidation sites excluding steroid dienone is 1. The maximum Gasteiger partial charge on any atom is 0.437 e. The third-order valence-corrected chi connectivity index (χ3v) is 5.17. The van der Waals surface area contributed by atoms with Gasteiger partial charge in [0.05, 0.1) is 16.3 Å². The fourth-order valence-corrected chi connectivity index (χ4v) is 3.23. The zero-order chi connectivity index (χ0) is 25.4. The van der Waals surface area contributed by atoms with Crippen LogP contribution in [0.2, 0.25) is 5.02 Å². The van der Waals surface area contributed by atoms with Gasteiger partial charge in [-0.05, 0) is 23.8 Å². The molecular formula is C19H14ClF7N4OS. The van der Waals surface area contributed by atoms with Gasteiger partial charge in [-0.2, -0.15) is 26.3 Å². The van der Waals surface area contributed by atoms with Crippen LogP contribution in [0, 0.1) is 5.41 Å². The van der Waals surface area contributed by atoms with Crippen LogP contribution in [-0.2, 0) is 12.7 Å². The minimum atomic E-state index is -6.34. The predicted octanol–water partition coefficient (Wildman–Crippen LogP) is 5.52. The van der Waals surface area contributed by atoms with E-state index in [0.29, 0.717) is 6.29 Å². The largest absolute Gasteiger partial charge is 0.437 e. The fraction of sp³-hybridized carbons (Fsp3) is 0.211. The Morgan fingerprint density at radius 3 is 2.18 bits per heavy atom. The van der Waals surface area contributed by atoms with E-state index in [-0.39, 0.29) is 32.4 Å². The number of nitrogens with two attached hydrogens (primary N) is 1. The van der Waals surface area contributed by atoms with Gasteiger partial charge in [0.25, 0.3) is 0 Å². The Balaban J connectivity index is 2.67.